The third-order valence-corrected chi connectivity index (χ3v) is 4.14. The van der Waals surface area contributed by atoms with E-state index in [9.17, 15) is 28.1 Å². The summed E-state index contributed by atoms with van der Waals surface area (Å²) in [5.74, 6) is -0.781. The second-order valence-electron chi connectivity index (χ2n) is 5.45. The number of halogens is 4. The fourth-order valence-electron chi connectivity index (χ4n) is 2.25. The molecule has 0 spiro atoms. The summed E-state index contributed by atoms with van der Waals surface area (Å²) >= 11 is 5.66. The van der Waals surface area contributed by atoms with E-state index in [1.54, 1.807) is 6.07 Å². The first kappa shape index (κ1) is 20.2. The molecule has 142 valence electrons. The number of alkyl halides is 3. The summed E-state index contributed by atoms with van der Waals surface area (Å²) in [6, 6.07) is 3.72. The van der Waals surface area contributed by atoms with Crippen LogP contribution in [0, 0.1) is 28.4 Å². The van der Waals surface area contributed by atoms with Crippen LogP contribution in [0.3, 0.4) is 0 Å². The van der Waals surface area contributed by atoms with Crippen molar-refractivity contribution in [2.45, 2.75) is 26.1 Å². The molecule has 1 aromatic heterocycles. The van der Waals surface area contributed by atoms with Crippen molar-refractivity contribution in [2.24, 2.45) is 0 Å². The van der Waals surface area contributed by atoms with E-state index in [4.69, 9.17) is 16.9 Å². The number of rotatable bonds is 4. The lowest BCUT2D eigenvalue weighted by molar-refractivity contribution is -0.384. The maximum atomic E-state index is 12.9. The lowest BCUT2D eigenvalue weighted by Gasteiger charge is -2.15. The average Bonchev–Trinajstić information content (AvgIpc) is 2.89. The van der Waals surface area contributed by atoms with Crippen molar-refractivity contribution in [3.8, 4) is 6.07 Å². The van der Waals surface area contributed by atoms with Crippen molar-refractivity contribution in [3.63, 3.8) is 0 Å². The van der Waals surface area contributed by atoms with Gasteiger partial charge in [0.1, 0.15) is 12.1 Å². The lowest BCUT2D eigenvalue weighted by atomic mass is 10.1. The minimum atomic E-state index is -4.78. The lowest BCUT2D eigenvalue weighted by Crippen LogP contribution is -2.26. The topological polar surface area (TPSA) is 114 Å². The monoisotopic (exact) mass is 401 g/mol. The summed E-state index contributed by atoms with van der Waals surface area (Å²) in [7, 11) is 0. The van der Waals surface area contributed by atoms with Gasteiger partial charge in [0.2, 0.25) is 5.91 Å². The molecular weight excluding hydrogens is 391 g/mol. The molecule has 12 heteroatoms. The molecule has 27 heavy (non-hydrogen) atoms. The Bertz CT molecular complexity index is 965. The van der Waals surface area contributed by atoms with Crippen LogP contribution in [0.5, 0.6) is 0 Å². The zero-order chi connectivity index (χ0) is 20.5. The Kier molecular flexibility index (Phi) is 5.41. The molecule has 0 aliphatic carbocycles. The van der Waals surface area contributed by atoms with Gasteiger partial charge in [-0.05, 0) is 19.9 Å². The molecule has 0 aliphatic rings. The summed E-state index contributed by atoms with van der Waals surface area (Å²) in [4.78, 5) is 22.4. The molecule has 0 fully saturated rings. The fraction of sp³-hybridized carbons (Fsp3) is 0.267. The highest BCUT2D eigenvalue weighted by molar-refractivity contribution is 6.32. The standard InChI is InChI=1S/C15H11ClF3N5O3/c1-7-12(16)13(15(17,18)19)22-23(7)8(2)14(25)21-11-4-3-10(24(26)27)5-9(11)6-20/h3-5,8H,1-2H3,(H,21,25). The van der Waals surface area contributed by atoms with E-state index < -0.39 is 33.8 Å². The van der Waals surface area contributed by atoms with Crippen molar-refractivity contribution in [1.82, 2.24) is 9.78 Å². The van der Waals surface area contributed by atoms with E-state index in [0.29, 0.717) is 0 Å². The smallest absolute Gasteiger partial charge is 0.323 e. The number of benzene rings is 1. The molecule has 1 heterocycles. The number of nitro benzene ring substituents is 1. The maximum absolute atomic E-state index is 12.9. The Morgan fingerprint density at radius 3 is 2.59 bits per heavy atom. The molecule has 1 N–H and O–H groups in total. The summed E-state index contributed by atoms with van der Waals surface area (Å²) in [6.07, 6.45) is -4.78. The van der Waals surface area contributed by atoms with Gasteiger partial charge < -0.3 is 5.32 Å². The van der Waals surface area contributed by atoms with Crippen LogP contribution in [0.1, 0.15) is 29.9 Å². The first-order chi connectivity index (χ1) is 12.5. The Balaban J connectivity index is 2.32. The summed E-state index contributed by atoms with van der Waals surface area (Å²) < 4.78 is 39.5. The van der Waals surface area contributed by atoms with Crippen LogP contribution in [0.2, 0.25) is 5.02 Å². The highest BCUT2D eigenvalue weighted by Crippen LogP contribution is 2.36. The number of nitriles is 1. The number of non-ortho nitro benzene ring substituents is 1. The SMILES string of the molecule is Cc1c(Cl)c(C(F)(F)F)nn1C(C)C(=O)Nc1ccc([N+](=O)[O-])cc1C#N. The Morgan fingerprint density at radius 2 is 2.11 bits per heavy atom. The minimum Gasteiger partial charge on any atom is -0.323 e. The molecule has 0 saturated heterocycles. The van der Waals surface area contributed by atoms with Gasteiger partial charge in [0.15, 0.2) is 5.69 Å². The first-order valence-electron chi connectivity index (χ1n) is 7.28. The molecular formula is C15H11ClF3N5O3. The van der Waals surface area contributed by atoms with Gasteiger partial charge in [-0.2, -0.15) is 23.5 Å². The number of hydrogen-bond donors (Lipinski definition) is 1. The molecule has 1 aromatic carbocycles. The minimum absolute atomic E-state index is 0.0214. The molecule has 2 rings (SSSR count). The number of anilines is 1. The highest BCUT2D eigenvalue weighted by atomic mass is 35.5. The second kappa shape index (κ2) is 7.24. The number of aromatic nitrogens is 2. The largest absolute Gasteiger partial charge is 0.436 e. The van der Waals surface area contributed by atoms with Crippen molar-refractivity contribution < 1.29 is 22.9 Å². The number of nitro groups is 1. The number of carbonyl (C=O) groups excluding carboxylic acids is 1. The molecule has 2 aromatic rings. The summed E-state index contributed by atoms with van der Waals surface area (Å²) in [6.45, 7) is 2.57. The molecule has 1 unspecified atom stereocenters. The molecule has 0 radical (unpaired) electrons. The van der Waals surface area contributed by atoms with Crippen molar-refractivity contribution in [2.75, 3.05) is 5.32 Å². The van der Waals surface area contributed by atoms with Crippen molar-refractivity contribution in [3.05, 3.63) is 50.3 Å². The van der Waals surface area contributed by atoms with Crippen molar-refractivity contribution >= 4 is 28.9 Å². The average molecular weight is 402 g/mol. The number of amides is 1. The van der Waals surface area contributed by atoms with Gasteiger partial charge >= 0.3 is 6.18 Å². The van der Waals surface area contributed by atoms with Crippen LogP contribution in [-0.4, -0.2) is 20.6 Å². The van der Waals surface area contributed by atoms with E-state index in [2.05, 4.69) is 10.4 Å². The molecule has 0 saturated carbocycles. The van der Waals surface area contributed by atoms with Gasteiger partial charge in [-0.15, -0.1) is 0 Å². The van der Waals surface area contributed by atoms with Crippen LogP contribution in [0.25, 0.3) is 0 Å². The quantitative estimate of drug-likeness (QED) is 0.617. The summed E-state index contributed by atoms with van der Waals surface area (Å²) in [5, 5.41) is 24.9. The van der Waals surface area contributed by atoms with Crippen LogP contribution >= 0.6 is 11.6 Å². The Labute approximate surface area is 155 Å². The van der Waals surface area contributed by atoms with E-state index in [0.717, 1.165) is 22.9 Å². The molecule has 0 bridgehead atoms. The zero-order valence-electron chi connectivity index (χ0n) is 13.8. The third kappa shape index (κ3) is 4.01. The molecule has 1 atom stereocenters. The Morgan fingerprint density at radius 1 is 1.48 bits per heavy atom. The van der Waals surface area contributed by atoms with E-state index in [1.165, 1.54) is 13.8 Å². The van der Waals surface area contributed by atoms with Gasteiger partial charge in [-0.25, -0.2) is 0 Å². The number of carbonyl (C=O) groups is 1. The molecule has 0 aliphatic heterocycles. The highest BCUT2D eigenvalue weighted by Gasteiger charge is 2.39. The Hall–Kier alpha value is -3.13. The normalized spacial score (nSPS) is 12.3. The number of nitrogens with one attached hydrogen (secondary N) is 1. The third-order valence-electron chi connectivity index (χ3n) is 3.68. The zero-order valence-corrected chi connectivity index (χ0v) is 14.6. The number of hydrogen-bond acceptors (Lipinski definition) is 5. The van der Waals surface area contributed by atoms with Gasteiger partial charge in [-0.3, -0.25) is 19.6 Å². The van der Waals surface area contributed by atoms with Crippen LogP contribution in [0.15, 0.2) is 18.2 Å². The van der Waals surface area contributed by atoms with Gasteiger partial charge in [0.05, 0.1) is 26.9 Å². The maximum Gasteiger partial charge on any atom is 0.436 e. The molecule has 8 nitrogen and oxygen atoms in total. The predicted molar refractivity (Wildman–Crippen MR) is 88.1 cm³/mol. The van der Waals surface area contributed by atoms with E-state index in [1.807, 2.05) is 0 Å². The fourth-order valence-corrected chi connectivity index (χ4v) is 2.48. The summed E-state index contributed by atoms with van der Waals surface area (Å²) in [5.41, 5.74) is -1.91. The van der Waals surface area contributed by atoms with Gasteiger partial charge in [0, 0.05) is 12.1 Å². The van der Waals surface area contributed by atoms with Crippen LogP contribution < -0.4 is 5.32 Å². The predicted octanol–water partition coefficient (Wildman–Crippen LogP) is 3.84. The van der Waals surface area contributed by atoms with Gasteiger partial charge in [0.25, 0.3) is 5.69 Å². The second-order valence-corrected chi connectivity index (χ2v) is 5.83. The van der Waals surface area contributed by atoms with E-state index in [-0.39, 0.29) is 22.6 Å². The van der Waals surface area contributed by atoms with Crippen molar-refractivity contribution in [1.29, 1.82) is 5.26 Å². The number of nitrogens with zero attached hydrogens (tertiary/aromatic N) is 4. The van der Waals surface area contributed by atoms with Crippen LogP contribution in [-0.2, 0) is 11.0 Å². The van der Waals surface area contributed by atoms with E-state index >= 15 is 0 Å². The van der Waals surface area contributed by atoms with Crippen LogP contribution in [0.4, 0.5) is 24.5 Å². The molecule has 1 amide bonds. The first-order valence-corrected chi connectivity index (χ1v) is 7.66. The van der Waals surface area contributed by atoms with Gasteiger partial charge in [-0.1, -0.05) is 11.6 Å².